The van der Waals surface area contributed by atoms with E-state index in [0.717, 1.165) is 17.5 Å². The second-order valence-corrected chi connectivity index (χ2v) is 6.27. The van der Waals surface area contributed by atoms with Crippen LogP contribution >= 0.6 is 0 Å². The summed E-state index contributed by atoms with van der Waals surface area (Å²) < 4.78 is 5.32. The second kappa shape index (κ2) is 7.43. The van der Waals surface area contributed by atoms with Gasteiger partial charge in [0.05, 0.1) is 6.61 Å². The van der Waals surface area contributed by atoms with Gasteiger partial charge < -0.3 is 4.74 Å². The summed E-state index contributed by atoms with van der Waals surface area (Å²) >= 11 is 0. The Morgan fingerprint density at radius 2 is 1.58 bits per heavy atom. The molecule has 0 N–H and O–H groups in total. The van der Waals surface area contributed by atoms with Gasteiger partial charge in [0.2, 0.25) is 0 Å². The highest BCUT2D eigenvalue weighted by Gasteiger charge is 2.48. The molecular weight excluding hydrogens is 300 g/mol. The first-order valence-corrected chi connectivity index (χ1v) is 8.51. The van der Waals surface area contributed by atoms with Gasteiger partial charge in [-0.3, -0.25) is 9.59 Å². The third-order valence-corrected chi connectivity index (χ3v) is 4.68. The Morgan fingerprint density at radius 3 is 2.17 bits per heavy atom. The lowest BCUT2D eigenvalue weighted by Gasteiger charge is -2.24. The van der Waals surface area contributed by atoms with E-state index in [0.29, 0.717) is 13.0 Å². The van der Waals surface area contributed by atoms with Crippen LogP contribution < -0.4 is 0 Å². The van der Waals surface area contributed by atoms with Gasteiger partial charge in [-0.15, -0.1) is 0 Å². The lowest BCUT2D eigenvalue weighted by Crippen LogP contribution is -2.27. The quantitative estimate of drug-likeness (QED) is 0.615. The molecule has 1 saturated carbocycles. The van der Waals surface area contributed by atoms with Crippen molar-refractivity contribution in [1.82, 2.24) is 0 Å². The average molecular weight is 322 g/mol. The van der Waals surface area contributed by atoms with E-state index in [-0.39, 0.29) is 23.6 Å². The Labute approximate surface area is 142 Å². The molecule has 3 nitrogen and oxygen atoms in total. The van der Waals surface area contributed by atoms with Crippen LogP contribution in [0.25, 0.3) is 0 Å². The van der Waals surface area contributed by atoms with Gasteiger partial charge in [0, 0.05) is 12.3 Å². The molecule has 0 aliphatic heterocycles. The summed E-state index contributed by atoms with van der Waals surface area (Å²) in [5.41, 5.74) is 2.13. The fraction of sp³-hybridized carbons (Fsp3) is 0.333. The third-order valence-electron chi connectivity index (χ3n) is 4.68. The van der Waals surface area contributed by atoms with Gasteiger partial charge in [-0.25, -0.2) is 0 Å². The third kappa shape index (κ3) is 3.25. The Bertz CT molecular complexity index is 694. The van der Waals surface area contributed by atoms with E-state index in [1.165, 1.54) is 0 Å². The Morgan fingerprint density at radius 1 is 1.00 bits per heavy atom. The van der Waals surface area contributed by atoms with Crippen molar-refractivity contribution < 1.29 is 14.3 Å². The standard InChI is InChI=1S/C21H22O3/c1-2-13-24-21(23)20-18(22)14-17(15-9-5-3-6-10-15)19(20)16-11-7-4-8-12-16/h3-12,17,19-20H,2,13-14H2,1H3/t17-,19+,20-/m0/s1. The Kier molecular flexibility index (Phi) is 5.09. The largest absolute Gasteiger partial charge is 0.465 e. The molecule has 0 bridgehead atoms. The van der Waals surface area contributed by atoms with E-state index >= 15 is 0 Å². The summed E-state index contributed by atoms with van der Waals surface area (Å²) in [5, 5.41) is 0. The molecule has 0 heterocycles. The predicted octanol–water partition coefficient (Wildman–Crippen LogP) is 4.10. The summed E-state index contributed by atoms with van der Waals surface area (Å²) in [6.45, 7) is 2.31. The van der Waals surface area contributed by atoms with E-state index in [1.54, 1.807) is 0 Å². The maximum atomic E-state index is 12.6. The molecule has 24 heavy (non-hydrogen) atoms. The number of carbonyl (C=O) groups is 2. The number of ketones is 1. The van der Waals surface area contributed by atoms with E-state index in [4.69, 9.17) is 4.74 Å². The summed E-state index contributed by atoms with van der Waals surface area (Å²) in [6, 6.07) is 19.8. The number of carbonyl (C=O) groups excluding carboxylic acids is 2. The highest BCUT2D eigenvalue weighted by molar-refractivity contribution is 6.02. The van der Waals surface area contributed by atoms with Crippen molar-refractivity contribution in [2.45, 2.75) is 31.6 Å². The lowest BCUT2D eigenvalue weighted by atomic mass is 9.80. The molecule has 3 rings (SSSR count). The molecule has 3 atom stereocenters. The molecule has 124 valence electrons. The van der Waals surface area contributed by atoms with E-state index < -0.39 is 5.92 Å². The van der Waals surface area contributed by atoms with Crippen molar-refractivity contribution in [3.05, 3.63) is 71.8 Å². The normalized spacial score (nSPS) is 23.2. The molecular formula is C21H22O3. The van der Waals surface area contributed by atoms with Gasteiger partial charge >= 0.3 is 5.97 Å². The zero-order chi connectivity index (χ0) is 16.9. The number of hydrogen-bond donors (Lipinski definition) is 0. The second-order valence-electron chi connectivity index (χ2n) is 6.27. The number of Topliss-reactive ketones (excluding diaryl/α,β-unsaturated/α-hetero) is 1. The van der Waals surface area contributed by atoms with Gasteiger partial charge in [0.25, 0.3) is 0 Å². The first-order chi connectivity index (χ1) is 11.7. The first-order valence-electron chi connectivity index (χ1n) is 8.51. The number of rotatable bonds is 5. The van der Waals surface area contributed by atoms with Crippen LogP contribution in [0.2, 0.25) is 0 Å². The average Bonchev–Trinajstić information content (AvgIpc) is 2.98. The van der Waals surface area contributed by atoms with Gasteiger partial charge in [-0.2, -0.15) is 0 Å². The molecule has 0 unspecified atom stereocenters. The van der Waals surface area contributed by atoms with Crippen molar-refractivity contribution >= 4 is 11.8 Å². The number of hydrogen-bond acceptors (Lipinski definition) is 3. The molecule has 1 aliphatic rings. The van der Waals surface area contributed by atoms with Crippen molar-refractivity contribution in [3.8, 4) is 0 Å². The van der Waals surface area contributed by atoms with Crippen LogP contribution in [0.15, 0.2) is 60.7 Å². The fourth-order valence-electron chi connectivity index (χ4n) is 3.60. The fourth-order valence-corrected chi connectivity index (χ4v) is 3.60. The topological polar surface area (TPSA) is 43.4 Å². The molecule has 0 saturated heterocycles. The number of ether oxygens (including phenoxy) is 1. The summed E-state index contributed by atoms with van der Waals surface area (Å²) in [4.78, 5) is 25.2. The van der Waals surface area contributed by atoms with Crippen molar-refractivity contribution in [2.24, 2.45) is 5.92 Å². The molecule has 1 aliphatic carbocycles. The van der Waals surface area contributed by atoms with Crippen molar-refractivity contribution in [1.29, 1.82) is 0 Å². The SMILES string of the molecule is CCCOC(=O)[C@H]1C(=O)C[C@@H](c2ccccc2)[C@H]1c1ccccc1. The lowest BCUT2D eigenvalue weighted by molar-refractivity contribution is -0.151. The maximum absolute atomic E-state index is 12.6. The van der Waals surface area contributed by atoms with Gasteiger partial charge in [-0.1, -0.05) is 67.6 Å². The van der Waals surface area contributed by atoms with Crippen LogP contribution in [0.5, 0.6) is 0 Å². The molecule has 1 fully saturated rings. The van der Waals surface area contributed by atoms with Gasteiger partial charge in [0.1, 0.15) is 11.7 Å². The highest BCUT2D eigenvalue weighted by Crippen LogP contribution is 2.48. The zero-order valence-corrected chi connectivity index (χ0v) is 13.9. The maximum Gasteiger partial charge on any atom is 0.317 e. The number of benzene rings is 2. The highest BCUT2D eigenvalue weighted by atomic mass is 16.5. The van der Waals surface area contributed by atoms with Crippen LogP contribution in [0.3, 0.4) is 0 Å². The minimum absolute atomic E-state index is 0.0141. The molecule has 2 aromatic carbocycles. The summed E-state index contributed by atoms with van der Waals surface area (Å²) in [6.07, 6.45) is 1.14. The summed E-state index contributed by atoms with van der Waals surface area (Å²) in [5.74, 6) is -1.25. The minimum atomic E-state index is -0.704. The van der Waals surface area contributed by atoms with Gasteiger partial charge in [-0.05, 0) is 23.5 Å². The van der Waals surface area contributed by atoms with Crippen molar-refractivity contribution in [2.75, 3.05) is 6.61 Å². The Balaban J connectivity index is 1.98. The van der Waals surface area contributed by atoms with Crippen LogP contribution in [0, 0.1) is 5.92 Å². The van der Waals surface area contributed by atoms with E-state index in [2.05, 4.69) is 0 Å². The van der Waals surface area contributed by atoms with Crippen LogP contribution in [-0.4, -0.2) is 18.4 Å². The van der Waals surface area contributed by atoms with Crippen LogP contribution in [0.4, 0.5) is 0 Å². The minimum Gasteiger partial charge on any atom is -0.465 e. The van der Waals surface area contributed by atoms with Crippen LogP contribution in [0.1, 0.15) is 42.7 Å². The predicted molar refractivity (Wildman–Crippen MR) is 92.7 cm³/mol. The van der Waals surface area contributed by atoms with E-state index in [9.17, 15) is 9.59 Å². The molecule has 0 radical (unpaired) electrons. The molecule has 0 amide bonds. The van der Waals surface area contributed by atoms with Gasteiger partial charge in [0.15, 0.2) is 0 Å². The molecule has 0 aromatic heterocycles. The summed E-state index contributed by atoms with van der Waals surface area (Å²) in [7, 11) is 0. The zero-order valence-electron chi connectivity index (χ0n) is 13.9. The van der Waals surface area contributed by atoms with E-state index in [1.807, 2.05) is 67.6 Å². The first kappa shape index (κ1) is 16.4. The monoisotopic (exact) mass is 322 g/mol. The molecule has 0 spiro atoms. The molecule has 2 aromatic rings. The Hall–Kier alpha value is -2.42. The van der Waals surface area contributed by atoms with Crippen molar-refractivity contribution in [3.63, 3.8) is 0 Å². The smallest absolute Gasteiger partial charge is 0.317 e. The number of esters is 1. The van der Waals surface area contributed by atoms with Crippen LogP contribution in [-0.2, 0) is 14.3 Å². The molecule has 3 heteroatoms.